The third kappa shape index (κ3) is 2.67. The molecule has 19 heavy (non-hydrogen) atoms. The van der Waals surface area contributed by atoms with Crippen LogP contribution in [0.25, 0.3) is 5.69 Å². The summed E-state index contributed by atoms with van der Waals surface area (Å²) in [5, 5.41) is 13.0. The molecule has 0 spiro atoms. The van der Waals surface area contributed by atoms with Gasteiger partial charge in [0.25, 0.3) is 0 Å². The van der Waals surface area contributed by atoms with Crippen molar-refractivity contribution in [1.82, 2.24) is 9.78 Å². The molecule has 0 saturated carbocycles. The molecule has 0 aliphatic rings. The molecular weight excluding hydrogens is 248 g/mol. The number of aromatic nitrogens is 2. The maximum Gasteiger partial charge on any atom is 0.309 e. The fraction of sp³-hybridized carbons (Fsp3) is 0.231. The molecule has 6 heteroatoms. The van der Waals surface area contributed by atoms with E-state index in [1.807, 2.05) is 0 Å². The smallest absolute Gasteiger partial charge is 0.309 e. The molecule has 2 rings (SSSR count). The van der Waals surface area contributed by atoms with E-state index in [1.165, 1.54) is 4.68 Å². The first kappa shape index (κ1) is 12.9. The Hall–Kier alpha value is -2.50. The van der Waals surface area contributed by atoms with Crippen molar-refractivity contribution < 1.29 is 19.4 Å². The van der Waals surface area contributed by atoms with Gasteiger partial charge in [0.05, 0.1) is 26.3 Å². The Morgan fingerprint density at radius 1 is 1.32 bits per heavy atom. The van der Waals surface area contributed by atoms with Gasteiger partial charge >= 0.3 is 5.97 Å². The van der Waals surface area contributed by atoms with Crippen molar-refractivity contribution >= 4 is 5.97 Å². The molecule has 6 nitrogen and oxygen atoms in total. The van der Waals surface area contributed by atoms with Crippen molar-refractivity contribution in [2.24, 2.45) is 0 Å². The van der Waals surface area contributed by atoms with Crippen LogP contribution in [0.5, 0.6) is 11.5 Å². The minimum Gasteiger partial charge on any atom is -0.497 e. The number of benzene rings is 1. The molecular formula is C13H14N2O4. The first-order valence-corrected chi connectivity index (χ1v) is 5.63. The normalized spacial score (nSPS) is 10.2. The van der Waals surface area contributed by atoms with Crippen LogP contribution in [0.2, 0.25) is 0 Å². The maximum atomic E-state index is 10.8. The number of rotatable bonds is 5. The van der Waals surface area contributed by atoms with Crippen molar-refractivity contribution in [3.63, 3.8) is 0 Å². The molecule has 1 N–H and O–H groups in total. The Balaban J connectivity index is 2.51. The molecule has 2 aromatic rings. The van der Waals surface area contributed by atoms with E-state index in [2.05, 4.69) is 5.10 Å². The minimum atomic E-state index is -0.913. The van der Waals surface area contributed by atoms with Crippen LogP contribution < -0.4 is 9.47 Å². The number of hydrogen-bond acceptors (Lipinski definition) is 4. The van der Waals surface area contributed by atoms with Gasteiger partial charge in [-0.2, -0.15) is 5.10 Å². The molecule has 0 aliphatic heterocycles. The molecule has 0 radical (unpaired) electrons. The van der Waals surface area contributed by atoms with Crippen LogP contribution in [0.4, 0.5) is 0 Å². The largest absolute Gasteiger partial charge is 0.497 e. The van der Waals surface area contributed by atoms with Gasteiger partial charge in [0.1, 0.15) is 17.2 Å². The van der Waals surface area contributed by atoms with E-state index in [0.717, 1.165) is 0 Å². The first-order valence-electron chi connectivity index (χ1n) is 5.63. The van der Waals surface area contributed by atoms with Gasteiger partial charge in [0, 0.05) is 12.3 Å². The number of ether oxygens (including phenoxy) is 2. The molecule has 0 bridgehead atoms. The second-order valence-corrected chi connectivity index (χ2v) is 3.84. The maximum absolute atomic E-state index is 10.8. The lowest BCUT2D eigenvalue weighted by Gasteiger charge is -2.12. The van der Waals surface area contributed by atoms with E-state index >= 15 is 0 Å². The van der Waals surface area contributed by atoms with Gasteiger partial charge in [-0.3, -0.25) is 4.79 Å². The average molecular weight is 262 g/mol. The van der Waals surface area contributed by atoms with Gasteiger partial charge < -0.3 is 14.6 Å². The second kappa shape index (κ2) is 5.43. The zero-order chi connectivity index (χ0) is 13.8. The fourth-order valence-corrected chi connectivity index (χ4v) is 1.80. The van der Waals surface area contributed by atoms with Gasteiger partial charge in [-0.1, -0.05) is 0 Å². The van der Waals surface area contributed by atoms with Gasteiger partial charge in [-0.05, 0) is 18.2 Å². The summed E-state index contributed by atoms with van der Waals surface area (Å²) in [4.78, 5) is 10.8. The van der Waals surface area contributed by atoms with Crippen LogP contribution in [0.1, 0.15) is 5.69 Å². The predicted molar refractivity (Wildman–Crippen MR) is 68.0 cm³/mol. The van der Waals surface area contributed by atoms with Crippen molar-refractivity contribution in [2.45, 2.75) is 6.42 Å². The first-order chi connectivity index (χ1) is 9.15. The van der Waals surface area contributed by atoms with Gasteiger partial charge in [-0.25, -0.2) is 4.68 Å². The van der Waals surface area contributed by atoms with E-state index in [4.69, 9.17) is 14.6 Å². The highest BCUT2D eigenvalue weighted by molar-refractivity contribution is 5.70. The van der Waals surface area contributed by atoms with Crippen LogP contribution in [0.15, 0.2) is 30.5 Å². The van der Waals surface area contributed by atoms with Crippen molar-refractivity contribution in [1.29, 1.82) is 0 Å². The fourth-order valence-electron chi connectivity index (χ4n) is 1.80. The Kier molecular flexibility index (Phi) is 3.70. The highest BCUT2D eigenvalue weighted by atomic mass is 16.5. The Labute approximate surface area is 110 Å². The summed E-state index contributed by atoms with van der Waals surface area (Å²) in [5.74, 6) is 0.326. The molecule has 1 heterocycles. The zero-order valence-electron chi connectivity index (χ0n) is 10.7. The summed E-state index contributed by atoms with van der Waals surface area (Å²) >= 11 is 0. The van der Waals surface area contributed by atoms with Crippen LogP contribution in [0, 0.1) is 0 Å². The number of methoxy groups -OCH3 is 2. The van der Waals surface area contributed by atoms with Crippen LogP contribution in [0.3, 0.4) is 0 Å². The lowest BCUT2D eigenvalue weighted by Crippen LogP contribution is -2.09. The summed E-state index contributed by atoms with van der Waals surface area (Å²) in [6.45, 7) is 0. The number of hydrogen-bond donors (Lipinski definition) is 1. The monoisotopic (exact) mass is 262 g/mol. The zero-order valence-corrected chi connectivity index (χ0v) is 10.7. The van der Waals surface area contributed by atoms with E-state index in [-0.39, 0.29) is 6.42 Å². The van der Waals surface area contributed by atoms with Gasteiger partial charge in [0.2, 0.25) is 0 Å². The highest BCUT2D eigenvalue weighted by Gasteiger charge is 2.13. The molecule has 0 aliphatic carbocycles. The van der Waals surface area contributed by atoms with Crippen molar-refractivity contribution in [3.8, 4) is 17.2 Å². The quantitative estimate of drug-likeness (QED) is 0.884. The molecule has 0 saturated heterocycles. The Morgan fingerprint density at radius 3 is 2.74 bits per heavy atom. The molecule has 100 valence electrons. The van der Waals surface area contributed by atoms with Crippen LogP contribution >= 0.6 is 0 Å². The summed E-state index contributed by atoms with van der Waals surface area (Å²) in [6, 6.07) is 6.92. The number of nitrogens with zero attached hydrogens (tertiary/aromatic N) is 2. The number of carboxylic acids is 1. The lowest BCUT2D eigenvalue weighted by atomic mass is 10.2. The minimum absolute atomic E-state index is 0.111. The van der Waals surface area contributed by atoms with E-state index < -0.39 is 5.97 Å². The number of aliphatic carboxylic acids is 1. The second-order valence-electron chi connectivity index (χ2n) is 3.84. The van der Waals surface area contributed by atoms with E-state index in [0.29, 0.717) is 22.9 Å². The predicted octanol–water partition coefficient (Wildman–Crippen LogP) is 1.52. The van der Waals surface area contributed by atoms with Crippen molar-refractivity contribution in [2.75, 3.05) is 14.2 Å². The third-order valence-electron chi connectivity index (χ3n) is 2.67. The summed E-state index contributed by atoms with van der Waals surface area (Å²) in [5.41, 5.74) is 1.21. The molecule has 1 aromatic carbocycles. The van der Waals surface area contributed by atoms with Crippen LogP contribution in [-0.2, 0) is 11.2 Å². The number of carboxylic acid groups (broad SMARTS) is 1. The molecule has 0 fully saturated rings. The number of carbonyl (C=O) groups is 1. The lowest BCUT2D eigenvalue weighted by molar-refractivity contribution is -0.136. The summed E-state index contributed by atoms with van der Waals surface area (Å²) in [7, 11) is 3.11. The Bertz CT molecular complexity index is 592. The topological polar surface area (TPSA) is 73.6 Å². The van der Waals surface area contributed by atoms with E-state index in [9.17, 15) is 4.79 Å². The summed E-state index contributed by atoms with van der Waals surface area (Å²) < 4.78 is 12.0. The molecule has 1 aromatic heterocycles. The highest BCUT2D eigenvalue weighted by Crippen LogP contribution is 2.28. The molecule has 0 amide bonds. The van der Waals surface area contributed by atoms with Crippen LogP contribution in [-0.4, -0.2) is 35.1 Å². The molecule has 0 atom stereocenters. The summed E-state index contributed by atoms with van der Waals surface area (Å²) in [6.07, 6.45) is 1.44. The van der Waals surface area contributed by atoms with E-state index in [1.54, 1.807) is 44.7 Å². The Morgan fingerprint density at radius 2 is 2.11 bits per heavy atom. The third-order valence-corrected chi connectivity index (χ3v) is 2.67. The van der Waals surface area contributed by atoms with Crippen molar-refractivity contribution in [3.05, 3.63) is 36.2 Å². The average Bonchev–Trinajstić information content (AvgIpc) is 2.85. The van der Waals surface area contributed by atoms with Gasteiger partial charge in [0.15, 0.2) is 0 Å². The molecule has 0 unspecified atom stereocenters. The SMILES string of the molecule is COc1ccc(OC)c(-n2nccc2CC(=O)O)c1. The standard InChI is InChI=1S/C13H14N2O4/c1-18-10-3-4-12(19-2)11(8-10)15-9(5-6-14-15)7-13(16)17/h3-6,8H,7H2,1-2H3,(H,16,17). The van der Waals surface area contributed by atoms with Gasteiger partial charge in [-0.15, -0.1) is 0 Å².